The summed E-state index contributed by atoms with van der Waals surface area (Å²) < 4.78 is 0. The van der Waals surface area contributed by atoms with Crippen LogP contribution in [0.1, 0.15) is 196 Å². The number of hydrogen-bond donors (Lipinski definition) is 4. The minimum absolute atomic E-state index is 0.0116. The molecule has 4 N–H and O–H groups in total. The van der Waals surface area contributed by atoms with Crippen molar-refractivity contribution in [3.8, 4) is 11.5 Å². The van der Waals surface area contributed by atoms with Crippen molar-refractivity contribution in [2.24, 2.45) is 0 Å². The molecule has 0 unspecified atom stereocenters. The Morgan fingerprint density at radius 2 is 0.673 bits per heavy atom. The molecule has 6 heteroatoms. The number of benzene rings is 2. The van der Waals surface area contributed by atoms with Crippen molar-refractivity contribution in [1.82, 2.24) is 10.6 Å². The number of carbonyl (C=O) groups is 2. The third kappa shape index (κ3) is 14.1. The molecule has 0 atom stereocenters. The molecule has 0 heterocycles. The lowest BCUT2D eigenvalue weighted by Gasteiger charge is -2.29. The predicted octanol–water partition coefficient (Wildman–Crippen LogP) is 11.0. The van der Waals surface area contributed by atoms with Crippen molar-refractivity contribution in [2.45, 2.75) is 208 Å². The summed E-state index contributed by atoms with van der Waals surface area (Å²) in [5.74, 6) is 0.702. The number of amides is 2. The molecule has 2 aromatic carbocycles. The van der Waals surface area contributed by atoms with Gasteiger partial charge >= 0.3 is 0 Å². The first-order valence-corrected chi connectivity index (χ1v) is 19.8. The van der Waals surface area contributed by atoms with E-state index in [0.717, 1.165) is 84.7 Å². The van der Waals surface area contributed by atoms with Gasteiger partial charge in [0.15, 0.2) is 0 Å². The van der Waals surface area contributed by atoms with Crippen LogP contribution in [0, 0.1) is 0 Å². The third-order valence-electron chi connectivity index (χ3n) is 10.1. The van der Waals surface area contributed by atoms with E-state index in [9.17, 15) is 19.8 Å². The summed E-state index contributed by atoms with van der Waals surface area (Å²) in [5.41, 5.74) is 3.88. The Hall–Kier alpha value is -3.02. The van der Waals surface area contributed by atoms with Crippen LogP contribution in [0.15, 0.2) is 24.3 Å². The van der Waals surface area contributed by atoms with Gasteiger partial charge < -0.3 is 20.8 Å². The number of hydrogen-bond acceptors (Lipinski definition) is 4. The SMILES string of the molecule is CC(C)(CCCCCCCCC(C)(C)NC(=O)Cc1cc(C(C)(C)C)c(O)c(C(C)(C)C)c1)NC(=O)Cc1cc(C(C)(C)C)c(O)c(C(C)(C)C)c1. The molecule has 6 nitrogen and oxygen atoms in total. The normalized spacial score (nSPS) is 13.3. The van der Waals surface area contributed by atoms with E-state index in [2.05, 4.69) is 121 Å². The molecule has 294 valence electrons. The summed E-state index contributed by atoms with van der Waals surface area (Å²) in [5, 5.41) is 28.6. The average molecular weight is 721 g/mol. The van der Waals surface area contributed by atoms with Crippen molar-refractivity contribution < 1.29 is 19.8 Å². The van der Waals surface area contributed by atoms with Crippen molar-refractivity contribution in [3.05, 3.63) is 57.6 Å². The van der Waals surface area contributed by atoms with Gasteiger partial charge in [-0.1, -0.05) is 146 Å². The minimum Gasteiger partial charge on any atom is -0.507 e. The molecule has 0 radical (unpaired) electrons. The van der Waals surface area contributed by atoms with Gasteiger partial charge in [0.05, 0.1) is 12.8 Å². The van der Waals surface area contributed by atoms with Crippen LogP contribution in [-0.2, 0) is 44.1 Å². The molecular formula is C46H76N2O4. The first kappa shape index (κ1) is 45.1. The summed E-state index contributed by atoms with van der Waals surface area (Å²) >= 11 is 0. The summed E-state index contributed by atoms with van der Waals surface area (Å²) in [6.07, 6.45) is 9.10. The Morgan fingerprint density at radius 3 is 0.904 bits per heavy atom. The van der Waals surface area contributed by atoms with E-state index in [1.165, 1.54) is 0 Å². The Bertz CT molecular complexity index is 1340. The van der Waals surface area contributed by atoms with Crippen LogP contribution in [0.2, 0.25) is 0 Å². The monoisotopic (exact) mass is 721 g/mol. The van der Waals surface area contributed by atoms with Crippen molar-refractivity contribution in [2.75, 3.05) is 0 Å². The molecule has 0 aliphatic carbocycles. The standard InChI is InChI=1S/C46H76N2O4/c1-41(2,3)33-25-31(26-34(39(33)51)42(4,5)6)29-37(49)47-45(13,14)23-21-19-17-18-20-22-24-46(15,16)48-38(50)30-32-27-35(43(7,8)9)40(52)36(28-32)44(10,11)12/h25-28,51-52H,17-24,29-30H2,1-16H3,(H,47,49)(H,48,50). The van der Waals surface area contributed by atoms with Gasteiger partial charge in [-0.25, -0.2) is 0 Å². The molecule has 2 aromatic rings. The van der Waals surface area contributed by atoms with E-state index >= 15 is 0 Å². The number of phenolic OH excluding ortho intramolecular Hbond substituents is 2. The molecular weight excluding hydrogens is 645 g/mol. The molecule has 0 spiro atoms. The topological polar surface area (TPSA) is 98.7 Å². The van der Waals surface area contributed by atoms with Gasteiger partial charge in [0.25, 0.3) is 0 Å². The largest absolute Gasteiger partial charge is 0.507 e. The highest BCUT2D eigenvalue weighted by Crippen LogP contribution is 2.41. The number of carbonyl (C=O) groups excluding carboxylic acids is 2. The molecule has 0 fully saturated rings. The molecule has 0 saturated heterocycles. The van der Waals surface area contributed by atoms with E-state index in [4.69, 9.17) is 0 Å². The van der Waals surface area contributed by atoms with E-state index in [1.54, 1.807) is 0 Å². The van der Waals surface area contributed by atoms with Crippen LogP contribution in [0.25, 0.3) is 0 Å². The third-order valence-corrected chi connectivity index (χ3v) is 10.1. The highest BCUT2D eigenvalue weighted by molar-refractivity contribution is 5.80. The van der Waals surface area contributed by atoms with Crippen LogP contribution in [0.3, 0.4) is 0 Å². The summed E-state index contributed by atoms with van der Waals surface area (Å²) in [6.45, 7) is 33.5. The molecule has 0 saturated carbocycles. The van der Waals surface area contributed by atoms with E-state index in [0.29, 0.717) is 24.3 Å². The summed E-state index contributed by atoms with van der Waals surface area (Å²) in [6, 6.07) is 7.98. The number of nitrogens with one attached hydrogen (secondary N) is 2. The zero-order valence-electron chi connectivity index (χ0n) is 36.1. The smallest absolute Gasteiger partial charge is 0.224 e. The fraction of sp³-hybridized carbons (Fsp3) is 0.696. The van der Waals surface area contributed by atoms with Gasteiger partial charge in [0.2, 0.25) is 11.8 Å². The maximum atomic E-state index is 13.2. The van der Waals surface area contributed by atoms with Gasteiger partial charge in [0.1, 0.15) is 11.5 Å². The van der Waals surface area contributed by atoms with Gasteiger partial charge in [-0.3, -0.25) is 9.59 Å². The lowest BCUT2D eigenvalue weighted by atomic mass is 9.78. The molecule has 0 aliphatic rings. The highest BCUT2D eigenvalue weighted by Gasteiger charge is 2.29. The molecule has 0 bridgehead atoms. The zero-order valence-corrected chi connectivity index (χ0v) is 36.1. The van der Waals surface area contributed by atoms with E-state index < -0.39 is 0 Å². The summed E-state index contributed by atoms with van der Waals surface area (Å²) in [7, 11) is 0. The maximum Gasteiger partial charge on any atom is 0.224 e. The molecule has 2 rings (SSSR count). The van der Waals surface area contributed by atoms with Crippen LogP contribution in [0.4, 0.5) is 0 Å². The lowest BCUT2D eigenvalue weighted by Crippen LogP contribution is -2.44. The van der Waals surface area contributed by atoms with Crippen molar-refractivity contribution in [1.29, 1.82) is 0 Å². The number of rotatable bonds is 15. The van der Waals surface area contributed by atoms with Gasteiger partial charge in [-0.05, 0) is 95.6 Å². The zero-order chi connectivity index (χ0) is 40.1. The fourth-order valence-electron chi connectivity index (χ4n) is 7.06. The van der Waals surface area contributed by atoms with Crippen LogP contribution in [-0.4, -0.2) is 33.1 Å². The number of phenols is 2. The second kappa shape index (κ2) is 17.0. The Balaban J connectivity index is 1.80. The Morgan fingerprint density at radius 1 is 0.442 bits per heavy atom. The quantitative estimate of drug-likeness (QED) is 0.138. The molecule has 52 heavy (non-hydrogen) atoms. The van der Waals surface area contributed by atoms with E-state index in [-0.39, 0.29) is 44.6 Å². The van der Waals surface area contributed by atoms with Crippen LogP contribution in [0.5, 0.6) is 11.5 Å². The van der Waals surface area contributed by atoms with Crippen LogP contribution < -0.4 is 10.6 Å². The first-order valence-electron chi connectivity index (χ1n) is 19.8. The lowest BCUT2D eigenvalue weighted by molar-refractivity contribution is -0.123. The van der Waals surface area contributed by atoms with Gasteiger partial charge in [-0.15, -0.1) is 0 Å². The van der Waals surface area contributed by atoms with Gasteiger partial charge in [0, 0.05) is 11.1 Å². The molecule has 0 aliphatic heterocycles. The van der Waals surface area contributed by atoms with Crippen LogP contribution >= 0.6 is 0 Å². The van der Waals surface area contributed by atoms with Gasteiger partial charge in [-0.2, -0.15) is 0 Å². The van der Waals surface area contributed by atoms with Crippen molar-refractivity contribution in [3.63, 3.8) is 0 Å². The second-order valence-electron chi connectivity index (χ2n) is 20.9. The number of aromatic hydroxyl groups is 2. The summed E-state index contributed by atoms with van der Waals surface area (Å²) in [4.78, 5) is 26.4. The Kier molecular flexibility index (Phi) is 14.7. The minimum atomic E-state index is -0.293. The Labute approximate surface area is 318 Å². The number of unbranched alkanes of at least 4 members (excludes halogenated alkanes) is 5. The van der Waals surface area contributed by atoms with Crippen molar-refractivity contribution >= 4 is 11.8 Å². The van der Waals surface area contributed by atoms with E-state index in [1.807, 2.05) is 24.3 Å². The predicted molar refractivity (Wildman–Crippen MR) is 220 cm³/mol. The maximum absolute atomic E-state index is 13.2. The second-order valence-corrected chi connectivity index (χ2v) is 20.9. The fourth-order valence-corrected chi connectivity index (χ4v) is 7.06. The molecule has 2 amide bonds. The average Bonchev–Trinajstić information content (AvgIpc) is 2.93. The highest BCUT2D eigenvalue weighted by atomic mass is 16.3. The first-order chi connectivity index (χ1) is 23.4. The molecule has 0 aromatic heterocycles.